The quantitative estimate of drug-likeness (QED) is 0.0289. The van der Waals surface area contributed by atoms with Crippen LogP contribution in [0.25, 0.3) is 0 Å². The van der Waals surface area contributed by atoms with Gasteiger partial charge in [0.05, 0.1) is 13.2 Å². The maximum atomic E-state index is 12.7. The number of unbranched alkanes of at least 4 members (excludes halogenated alkanes) is 20. The van der Waals surface area contributed by atoms with Gasteiger partial charge < -0.3 is 25.6 Å². The fourth-order valence-corrected chi connectivity index (χ4v) is 5.78. The molecule has 0 aliphatic rings. The van der Waals surface area contributed by atoms with Gasteiger partial charge in [-0.1, -0.05) is 148 Å². The van der Waals surface area contributed by atoms with Crippen molar-refractivity contribution in [2.75, 3.05) is 13.2 Å². The van der Waals surface area contributed by atoms with Gasteiger partial charge in [-0.05, 0) is 51.0 Å². The van der Waals surface area contributed by atoms with Crippen molar-refractivity contribution >= 4 is 23.8 Å². The lowest BCUT2D eigenvalue weighted by Crippen LogP contribution is -2.47. The number of aliphatic carboxylic acids is 1. The van der Waals surface area contributed by atoms with E-state index in [4.69, 9.17) is 14.9 Å². The molecule has 0 heterocycles. The highest BCUT2D eigenvalue weighted by Gasteiger charge is 2.18. The second kappa shape index (κ2) is 36.1. The molecule has 2 atom stereocenters. The molecule has 0 fully saturated rings. The molecule has 0 aromatic carbocycles. The number of carboxylic acid groups (broad SMARTS) is 1. The third kappa shape index (κ3) is 32.5. The van der Waals surface area contributed by atoms with Crippen molar-refractivity contribution in [1.29, 1.82) is 0 Å². The van der Waals surface area contributed by atoms with Crippen molar-refractivity contribution in [3.63, 3.8) is 0 Å². The molecule has 0 saturated carbocycles. The summed E-state index contributed by atoms with van der Waals surface area (Å²) in [5.74, 6) is -2.41. The van der Waals surface area contributed by atoms with Crippen LogP contribution in [0.2, 0.25) is 0 Å². The van der Waals surface area contributed by atoms with Crippen molar-refractivity contribution in [3.8, 4) is 0 Å². The molecular weight excluding hydrogens is 632 g/mol. The zero-order chi connectivity index (χ0) is 36.9. The van der Waals surface area contributed by atoms with E-state index in [9.17, 15) is 19.2 Å². The number of aliphatic hydroxyl groups is 1. The highest BCUT2D eigenvalue weighted by atomic mass is 16.5. The second-order valence-corrected chi connectivity index (χ2v) is 13.7. The van der Waals surface area contributed by atoms with Crippen molar-refractivity contribution in [1.82, 2.24) is 10.6 Å². The fourth-order valence-electron chi connectivity index (χ4n) is 5.78. The number of esters is 1. The molecular formula is C41H74N2O7. The molecule has 290 valence electrons. The molecule has 0 aromatic rings. The zero-order valence-electron chi connectivity index (χ0n) is 31.9. The molecule has 50 heavy (non-hydrogen) atoms. The Bertz CT molecular complexity index is 905. The summed E-state index contributed by atoms with van der Waals surface area (Å²) >= 11 is 0. The third-order valence-corrected chi connectivity index (χ3v) is 8.94. The van der Waals surface area contributed by atoms with Crippen LogP contribution in [-0.4, -0.2) is 59.3 Å². The van der Waals surface area contributed by atoms with E-state index in [2.05, 4.69) is 42.7 Å². The Morgan fingerprint density at radius 1 is 0.620 bits per heavy atom. The molecule has 0 rings (SSSR count). The highest BCUT2D eigenvalue weighted by molar-refractivity contribution is 5.87. The fraction of sp³-hybridized carbons (Fsp3) is 0.805. The van der Waals surface area contributed by atoms with Crippen LogP contribution in [0.3, 0.4) is 0 Å². The van der Waals surface area contributed by atoms with Gasteiger partial charge in [0.2, 0.25) is 11.8 Å². The summed E-state index contributed by atoms with van der Waals surface area (Å²) in [5, 5.41) is 22.5. The molecule has 0 radical (unpaired) electrons. The minimum Gasteiger partial charge on any atom is -0.480 e. The number of carbonyl (C=O) groups excluding carboxylic acids is 3. The van der Waals surface area contributed by atoms with Crippen LogP contribution < -0.4 is 10.6 Å². The molecule has 0 spiro atoms. The van der Waals surface area contributed by atoms with E-state index in [1.165, 1.54) is 103 Å². The lowest BCUT2D eigenvalue weighted by atomic mass is 10.0. The predicted octanol–water partition coefficient (Wildman–Crippen LogP) is 9.26. The normalized spacial score (nSPS) is 12.7. The summed E-state index contributed by atoms with van der Waals surface area (Å²) < 4.78 is 5.88. The summed E-state index contributed by atoms with van der Waals surface area (Å²) in [6, 6.07) is -1.39. The number of hydrogen-bond donors (Lipinski definition) is 4. The Hall–Kier alpha value is -2.68. The van der Waals surface area contributed by atoms with Gasteiger partial charge in [-0.25, -0.2) is 4.79 Å². The van der Waals surface area contributed by atoms with Crippen LogP contribution in [0.5, 0.6) is 0 Å². The van der Waals surface area contributed by atoms with E-state index in [-0.39, 0.29) is 30.9 Å². The van der Waals surface area contributed by atoms with Crippen LogP contribution in [0.1, 0.15) is 187 Å². The lowest BCUT2D eigenvalue weighted by Gasteiger charge is -2.15. The van der Waals surface area contributed by atoms with Crippen LogP contribution in [-0.2, 0) is 23.9 Å². The second-order valence-electron chi connectivity index (χ2n) is 13.7. The molecule has 0 aliphatic carbocycles. The molecule has 2 unspecified atom stereocenters. The Kier molecular flexibility index (Phi) is 34.2. The lowest BCUT2D eigenvalue weighted by molar-refractivity contribution is -0.147. The molecule has 0 aliphatic heterocycles. The average molecular weight is 707 g/mol. The van der Waals surface area contributed by atoms with Gasteiger partial charge in [0.25, 0.3) is 0 Å². The Balaban J connectivity index is 4.33. The Morgan fingerprint density at radius 2 is 1.14 bits per heavy atom. The number of hydrogen-bond acceptors (Lipinski definition) is 6. The molecule has 2 amide bonds. The number of nitrogens with one attached hydrogen (secondary N) is 2. The van der Waals surface area contributed by atoms with Crippen LogP contribution in [0.15, 0.2) is 24.3 Å². The molecule has 9 nitrogen and oxygen atoms in total. The van der Waals surface area contributed by atoms with Gasteiger partial charge in [-0.3, -0.25) is 14.4 Å². The SMILES string of the molecule is CCCCCC/C=C\C/C=C\C(CCCCCCC(=O)NCC(=O)NC(CO)C(=O)O)OC(=O)CCCCCCCCCCCCCCCC. The first-order chi connectivity index (χ1) is 24.3. The van der Waals surface area contributed by atoms with E-state index in [0.717, 1.165) is 51.4 Å². The number of carboxylic acids is 1. The van der Waals surface area contributed by atoms with Gasteiger partial charge in [0.1, 0.15) is 12.1 Å². The number of allylic oxidation sites excluding steroid dienone is 3. The zero-order valence-corrected chi connectivity index (χ0v) is 31.9. The molecule has 0 bridgehead atoms. The number of rotatable bonds is 36. The topological polar surface area (TPSA) is 142 Å². The maximum absolute atomic E-state index is 12.7. The van der Waals surface area contributed by atoms with Gasteiger partial charge in [-0.15, -0.1) is 0 Å². The number of amides is 2. The average Bonchev–Trinajstić information content (AvgIpc) is 3.10. The standard InChI is InChI=1S/C41H74N2O7/c1-3-5-7-9-11-13-14-15-16-17-19-21-23-29-33-40(47)50-36(30-26-22-20-18-12-10-8-6-4-2)31-27-24-25-28-32-38(45)42-34-39(46)43-37(35-44)41(48)49/h18,20,26,30,36-37,44H,3-17,19,21-25,27-29,31-35H2,1-2H3,(H,42,45)(H,43,46)(H,48,49)/b20-18-,30-26-. The number of aliphatic hydroxyl groups excluding tert-OH is 1. The van der Waals surface area contributed by atoms with Crippen LogP contribution in [0.4, 0.5) is 0 Å². The smallest absolute Gasteiger partial charge is 0.328 e. The van der Waals surface area contributed by atoms with E-state index in [1.54, 1.807) is 0 Å². The first-order valence-electron chi connectivity index (χ1n) is 20.2. The van der Waals surface area contributed by atoms with Crippen LogP contribution in [0, 0.1) is 0 Å². The number of ether oxygens (including phenoxy) is 1. The van der Waals surface area contributed by atoms with Crippen molar-refractivity contribution in [2.24, 2.45) is 0 Å². The van der Waals surface area contributed by atoms with Crippen molar-refractivity contribution < 1.29 is 34.1 Å². The number of carbonyl (C=O) groups is 4. The van der Waals surface area contributed by atoms with Gasteiger partial charge in [0.15, 0.2) is 0 Å². The monoisotopic (exact) mass is 707 g/mol. The third-order valence-electron chi connectivity index (χ3n) is 8.94. The van der Waals surface area contributed by atoms with E-state index in [0.29, 0.717) is 12.8 Å². The maximum Gasteiger partial charge on any atom is 0.328 e. The van der Waals surface area contributed by atoms with E-state index >= 15 is 0 Å². The van der Waals surface area contributed by atoms with Crippen LogP contribution >= 0.6 is 0 Å². The molecule has 0 aromatic heterocycles. The van der Waals surface area contributed by atoms with Gasteiger partial charge >= 0.3 is 11.9 Å². The molecule has 0 saturated heterocycles. The summed E-state index contributed by atoms with van der Waals surface area (Å²) in [6.07, 6.45) is 37.9. The molecule has 9 heteroatoms. The van der Waals surface area contributed by atoms with Crippen molar-refractivity contribution in [3.05, 3.63) is 24.3 Å². The summed E-state index contributed by atoms with van der Waals surface area (Å²) in [6.45, 7) is 3.42. The first kappa shape index (κ1) is 47.3. The van der Waals surface area contributed by atoms with Gasteiger partial charge in [0, 0.05) is 12.8 Å². The molecule has 4 N–H and O–H groups in total. The Morgan fingerprint density at radius 3 is 1.70 bits per heavy atom. The summed E-state index contributed by atoms with van der Waals surface area (Å²) in [7, 11) is 0. The largest absolute Gasteiger partial charge is 0.480 e. The first-order valence-corrected chi connectivity index (χ1v) is 20.2. The summed E-state index contributed by atoms with van der Waals surface area (Å²) in [4.78, 5) is 47.4. The minimum absolute atomic E-state index is 0.126. The van der Waals surface area contributed by atoms with E-state index < -0.39 is 24.5 Å². The predicted molar refractivity (Wildman–Crippen MR) is 204 cm³/mol. The highest BCUT2D eigenvalue weighted by Crippen LogP contribution is 2.16. The Labute approximate surface area is 304 Å². The minimum atomic E-state index is -1.39. The van der Waals surface area contributed by atoms with Crippen molar-refractivity contribution in [2.45, 2.75) is 199 Å². The van der Waals surface area contributed by atoms with E-state index in [1.807, 2.05) is 6.08 Å². The van der Waals surface area contributed by atoms with Gasteiger partial charge in [-0.2, -0.15) is 0 Å². The summed E-state index contributed by atoms with van der Waals surface area (Å²) in [5.41, 5.74) is 0.